The van der Waals surface area contributed by atoms with Gasteiger partial charge in [0, 0.05) is 0 Å². The van der Waals surface area contributed by atoms with Crippen molar-refractivity contribution in [2.45, 2.75) is 0 Å². The van der Waals surface area contributed by atoms with Gasteiger partial charge in [-0.3, -0.25) is 0 Å². The standard InChI is InChI=1S/C60H38GeN2S2/c1-3-17-39(18-4-1)61(40-19-5-2-6-20-40,51-27-15-25-47-49-37-41(33-35-57(49)64-59(47)51)62-53-29-11-7-21-43(53)44-22-8-12-30-54(44)62)52-28-16-26-48-50-38-42(34-36-58(50)65-60(48)52)63-55-31-13-9-23-45(55)46-24-10-14-32-56(46)63/h1-38H. The van der Waals surface area contributed by atoms with Crippen molar-refractivity contribution in [3.05, 3.63) is 231 Å². The Bertz CT molecular complexity index is 3810. The van der Waals surface area contributed by atoms with E-state index in [4.69, 9.17) is 0 Å². The van der Waals surface area contributed by atoms with Crippen LogP contribution in [0.3, 0.4) is 0 Å². The molecule has 0 amide bonds. The number of nitrogens with zero attached hydrogens (tertiary/aromatic N) is 2. The van der Waals surface area contributed by atoms with E-state index in [0.717, 1.165) is 0 Å². The molecular formula is C60H38GeN2S2. The van der Waals surface area contributed by atoms with Crippen molar-refractivity contribution in [1.82, 2.24) is 9.13 Å². The number of benzene rings is 10. The molecule has 0 spiro atoms. The van der Waals surface area contributed by atoms with E-state index in [-0.39, 0.29) is 0 Å². The molecule has 10 aromatic carbocycles. The van der Waals surface area contributed by atoms with Crippen LogP contribution in [-0.4, -0.2) is 22.4 Å². The third kappa shape index (κ3) is 5.33. The van der Waals surface area contributed by atoms with Crippen LogP contribution in [0, 0.1) is 0 Å². The summed E-state index contributed by atoms with van der Waals surface area (Å²) >= 11 is 0.0713. The van der Waals surface area contributed by atoms with Crippen molar-refractivity contribution < 1.29 is 0 Å². The molecule has 0 radical (unpaired) electrons. The van der Waals surface area contributed by atoms with E-state index in [1.165, 1.54) is 113 Å². The van der Waals surface area contributed by atoms with Gasteiger partial charge >= 0.3 is 389 Å². The summed E-state index contributed by atoms with van der Waals surface area (Å²) in [5.41, 5.74) is 7.30. The number of fused-ring (bicyclic) bond motifs is 12. The summed E-state index contributed by atoms with van der Waals surface area (Å²) in [5, 5.41) is 10.4. The average Bonchev–Trinajstić information content (AvgIpc) is 4.13. The van der Waals surface area contributed by atoms with Crippen molar-refractivity contribution in [1.29, 1.82) is 0 Å². The van der Waals surface area contributed by atoms with Gasteiger partial charge in [-0.2, -0.15) is 0 Å². The predicted octanol–water partition coefficient (Wildman–Crippen LogP) is 14.0. The molecule has 0 aliphatic rings. The van der Waals surface area contributed by atoms with Gasteiger partial charge in [-0.1, -0.05) is 0 Å². The Morgan fingerprint density at radius 1 is 0.277 bits per heavy atom. The van der Waals surface area contributed by atoms with E-state index in [1.807, 2.05) is 22.7 Å². The van der Waals surface area contributed by atoms with Crippen LogP contribution < -0.4 is 17.6 Å². The topological polar surface area (TPSA) is 9.86 Å². The fourth-order valence-electron chi connectivity index (χ4n) is 11.2. The molecule has 65 heavy (non-hydrogen) atoms. The predicted molar refractivity (Wildman–Crippen MR) is 285 cm³/mol. The van der Waals surface area contributed by atoms with Crippen LogP contribution in [0.25, 0.3) is 95.3 Å². The summed E-state index contributed by atoms with van der Waals surface area (Å²) < 4.78 is 16.1. The second kappa shape index (κ2) is 14.4. The molecule has 0 fully saturated rings. The van der Waals surface area contributed by atoms with E-state index < -0.39 is 13.3 Å². The molecule has 2 nitrogen and oxygen atoms in total. The van der Waals surface area contributed by atoms with Crippen LogP contribution in [0.15, 0.2) is 231 Å². The number of hydrogen-bond acceptors (Lipinski definition) is 2. The number of aromatic nitrogens is 2. The van der Waals surface area contributed by atoms with Crippen LogP contribution in [0.1, 0.15) is 0 Å². The van der Waals surface area contributed by atoms with E-state index in [1.54, 1.807) is 0 Å². The van der Waals surface area contributed by atoms with Crippen LogP contribution in [0.4, 0.5) is 0 Å². The summed E-state index contributed by atoms with van der Waals surface area (Å²) in [5.74, 6) is 0. The van der Waals surface area contributed by atoms with E-state index in [2.05, 4.69) is 240 Å². The maximum absolute atomic E-state index is 3.86. The van der Waals surface area contributed by atoms with E-state index in [0.29, 0.717) is 0 Å². The van der Waals surface area contributed by atoms with Gasteiger partial charge in [0.1, 0.15) is 0 Å². The van der Waals surface area contributed by atoms with Crippen LogP contribution >= 0.6 is 22.7 Å². The van der Waals surface area contributed by atoms with Gasteiger partial charge in [-0.05, 0) is 0 Å². The van der Waals surface area contributed by atoms with Crippen LogP contribution in [-0.2, 0) is 0 Å². The molecule has 4 heterocycles. The Balaban J connectivity index is 1.04. The average molecular weight is 924 g/mol. The number of hydrogen-bond donors (Lipinski definition) is 0. The van der Waals surface area contributed by atoms with Crippen molar-refractivity contribution in [3.63, 3.8) is 0 Å². The van der Waals surface area contributed by atoms with Crippen molar-refractivity contribution in [2.24, 2.45) is 0 Å². The third-order valence-corrected chi connectivity index (χ3v) is 27.2. The molecule has 0 atom stereocenters. The molecule has 14 aromatic rings. The second-order valence-corrected chi connectivity index (χ2v) is 27.1. The summed E-state index contributed by atoms with van der Waals surface area (Å²) in [4.78, 5) is 0. The first-order valence-electron chi connectivity index (χ1n) is 22.3. The molecule has 0 unspecified atom stereocenters. The Morgan fingerprint density at radius 2 is 0.615 bits per heavy atom. The van der Waals surface area contributed by atoms with Crippen molar-refractivity contribution in [3.8, 4) is 11.4 Å². The molecule has 0 saturated carbocycles. The zero-order valence-electron chi connectivity index (χ0n) is 35.2. The van der Waals surface area contributed by atoms with Crippen molar-refractivity contribution >= 4 is 137 Å². The summed E-state index contributed by atoms with van der Waals surface area (Å²) in [6.45, 7) is 0. The molecule has 14 rings (SSSR count). The quantitative estimate of drug-likeness (QED) is 0.147. The van der Waals surface area contributed by atoms with Gasteiger partial charge in [0.15, 0.2) is 0 Å². The molecular weight excluding hydrogens is 885 g/mol. The third-order valence-electron chi connectivity index (χ3n) is 13.9. The molecule has 0 saturated heterocycles. The maximum atomic E-state index is 2.48. The molecule has 0 aliphatic carbocycles. The van der Waals surface area contributed by atoms with Gasteiger partial charge in [0.25, 0.3) is 0 Å². The van der Waals surface area contributed by atoms with Gasteiger partial charge in [-0.25, -0.2) is 0 Å². The first-order chi connectivity index (χ1) is 32.3. The zero-order chi connectivity index (χ0) is 42.6. The van der Waals surface area contributed by atoms with Crippen LogP contribution in [0.5, 0.6) is 0 Å². The monoisotopic (exact) mass is 924 g/mol. The van der Waals surface area contributed by atoms with E-state index >= 15 is 0 Å². The number of rotatable bonds is 6. The fourth-order valence-corrected chi connectivity index (χ4v) is 25.9. The normalized spacial score (nSPS) is 12.3. The van der Waals surface area contributed by atoms with Gasteiger partial charge < -0.3 is 0 Å². The number of para-hydroxylation sites is 4. The molecule has 4 aromatic heterocycles. The molecule has 0 aliphatic heterocycles. The Hall–Kier alpha value is -7.22. The molecule has 0 bridgehead atoms. The van der Waals surface area contributed by atoms with E-state index in [9.17, 15) is 0 Å². The fraction of sp³-hybridized carbons (Fsp3) is 0. The molecule has 5 heteroatoms. The Morgan fingerprint density at radius 3 is 1.00 bits per heavy atom. The summed E-state index contributed by atoms with van der Waals surface area (Å²) in [6, 6.07) is 86.9. The Kier molecular flexibility index (Phi) is 8.24. The SMILES string of the molecule is c1cc[c]([Ge]([c]2ccccc2)([c]2cccc3c2sc2ccc(-n4c5ccccc5c5ccccc54)cc23)[c]2cccc3c2sc2ccc(-n4c5ccccc5c5ccccc54)cc23)cc1. The zero-order valence-corrected chi connectivity index (χ0v) is 38.9. The van der Waals surface area contributed by atoms with Gasteiger partial charge in [-0.15, -0.1) is 0 Å². The van der Waals surface area contributed by atoms with Crippen molar-refractivity contribution in [2.75, 3.05) is 0 Å². The Labute approximate surface area is 385 Å². The molecule has 304 valence electrons. The summed E-state index contributed by atoms with van der Waals surface area (Å²) in [7, 11) is 0. The first kappa shape index (κ1) is 37.2. The van der Waals surface area contributed by atoms with Crippen LogP contribution in [0.2, 0.25) is 0 Å². The van der Waals surface area contributed by atoms with Gasteiger partial charge in [0.05, 0.1) is 0 Å². The minimum absolute atomic E-state index is 1.19. The first-order valence-corrected chi connectivity index (χ1v) is 28.1. The molecule has 0 N–H and O–H groups in total. The number of thiophene rings is 2. The minimum atomic E-state index is -3.86. The van der Waals surface area contributed by atoms with Gasteiger partial charge in [0.2, 0.25) is 0 Å². The summed E-state index contributed by atoms with van der Waals surface area (Å²) in [6.07, 6.45) is 0. The second-order valence-electron chi connectivity index (χ2n) is 17.2.